The third kappa shape index (κ3) is 3.30. The highest BCUT2D eigenvalue weighted by Crippen LogP contribution is 2.12. The number of piperidine rings is 1. The summed E-state index contributed by atoms with van der Waals surface area (Å²) < 4.78 is 1.74. The lowest BCUT2D eigenvalue weighted by molar-refractivity contribution is -0.134. The number of hydrogen-bond acceptors (Lipinski definition) is 3. The summed E-state index contributed by atoms with van der Waals surface area (Å²) in [6.07, 6.45) is 6.31. The van der Waals surface area contributed by atoms with Crippen LogP contribution < -0.4 is 0 Å². The molecule has 1 aliphatic rings. The second-order valence-electron chi connectivity index (χ2n) is 4.66. The van der Waals surface area contributed by atoms with Crippen LogP contribution in [0.25, 0.3) is 0 Å². The van der Waals surface area contributed by atoms with E-state index in [0.29, 0.717) is 13.0 Å². The van der Waals surface area contributed by atoms with Crippen molar-refractivity contribution in [3.63, 3.8) is 0 Å². The van der Waals surface area contributed by atoms with Gasteiger partial charge >= 0.3 is 0 Å². The Balaban J connectivity index is 1.80. The number of rotatable bonds is 3. The summed E-state index contributed by atoms with van der Waals surface area (Å²) in [5.41, 5.74) is 1.08. The molecule has 2 rings (SSSR count). The topological polar surface area (TPSA) is 58.4 Å². The molecule has 0 aliphatic carbocycles. The molecular weight excluding hydrogens is 218 g/mol. The zero-order chi connectivity index (χ0) is 12.3. The molecule has 1 atom stereocenters. The van der Waals surface area contributed by atoms with Crippen molar-refractivity contribution in [1.29, 1.82) is 0 Å². The van der Waals surface area contributed by atoms with E-state index in [1.165, 1.54) is 0 Å². The highest BCUT2D eigenvalue weighted by atomic mass is 16.3. The highest BCUT2D eigenvalue weighted by molar-refractivity contribution is 5.76. The number of hydrogen-bond donors (Lipinski definition) is 1. The van der Waals surface area contributed by atoms with Crippen molar-refractivity contribution in [3.8, 4) is 0 Å². The molecule has 1 N–H and O–H groups in total. The van der Waals surface area contributed by atoms with Gasteiger partial charge in [-0.1, -0.05) is 0 Å². The van der Waals surface area contributed by atoms with Crippen LogP contribution in [-0.2, 0) is 18.3 Å². The fourth-order valence-corrected chi connectivity index (χ4v) is 2.19. The molecule has 1 unspecified atom stereocenters. The first-order chi connectivity index (χ1) is 8.15. The van der Waals surface area contributed by atoms with Gasteiger partial charge in [0.05, 0.1) is 12.3 Å². The van der Waals surface area contributed by atoms with E-state index in [1.54, 1.807) is 15.8 Å². The molecule has 1 aromatic rings. The van der Waals surface area contributed by atoms with Crippen LogP contribution >= 0.6 is 0 Å². The Morgan fingerprint density at radius 1 is 1.65 bits per heavy atom. The fraction of sp³-hybridized carbons (Fsp3) is 0.667. The second kappa shape index (κ2) is 5.31. The van der Waals surface area contributed by atoms with E-state index in [2.05, 4.69) is 5.10 Å². The first-order valence-electron chi connectivity index (χ1n) is 6.08. The minimum absolute atomic E-state index is 0.132. The van der Waals surface area contributed by atoms with E-state index in [-0.39, 0.29) is 12.0 Å². The zero-order valence-corrected chi connectivity index (χ0v) is 10.2. The van der Waals surface area contributed by atoms with Crippen molar-refractivity contribution >= 4 is 5.91 Å². The van der Waals surface area contributed by atoms with Gasteiger partial charge in [0.15, 0.2) is 0 Å². The van der Waals surface area contributed by atoms with Crippen molar-refractivity contribution in [2.24, 2.45) is 7.05 Å². The Morgan fingerprint density at radius 2 is 2.47 bits per heavy atom. The summed E-state index contributed by atoms with van der Waals surface area (Å²) in [5.74, 6) is 0.132. The number of carbonyl (C=O) groups is 1. The highest BCUT2D eigenvalue weighted by Gasteiger charge is 2.21. The van der Waals surface area contributed by atoms with E-state index in [4.69, 9.17) is 0 Å². The molecule has 5 heteroatoms. The summed E-state index contributed by atoms with van der Waals surface area (Å²) >= 11 is 0. The number of aliphatic hydroxyl groups excluding tert-OH is 1. The Hall–Kier alpha value is -1.36. The molecule has 1 saturated heterocycles. The third-order valence-corrected chi connectivity index (χ3v) is 3.14. The molecule has 2 heterocycles. The number of aryl methyl sites for hydroxylation is 2. The Kier molecular flexibility index (Phi) is 3.78. The second-order valence-corrected chi connectivity index (χ2v) is 4.66. The largest absolute Gasteiger partial charge is 0.391 e. The van der Waals surface area contributed by atoms with Gasteiger partial charge in [-0.2, -0.15) is 5.10 Å². The van der Waals surface area contributed by atoms with Gasteiger partial charge in [-0.15, -0.1) is 0 Å². The van der Waals surface area contributed by atoms with Crippen molar-refractivity contribution in [2.45, 2.75) is 31.8 Å². The van der Waals surface area contributed by atoms with Gasteiger partial charge in [0.1, 0.15) is 0 Å². The monoisotopic (exact) mass is 237 g/mol. The first kappa shape index (κ1) is 12.1. The number of carbonyl (C=O) groups excluding carboxylic acids is 1. The van der Waals surface area contributed by atoms with Gasteiger partial charge in [-0.05, 0) is 24.8 Å². The van der Waals surface area contributed by atoms with E-state index < -0.39 is 0 Å². The maximum absolute atomic E-state index is 11.9. The molecule has 0 radical (unpaired) electrons. The number of β-amino-alcohol motifs (C(OH)–C–C–N with tert-alkyl or cyclic N) is 1. The molecule has 1 amide bonds. The molecule has 17 heavy (non-hydrogen) atoms. The Morgan fingerprint density at radius 3 is 3.12 bits per heavy atom. The molecule has 0 aromatic carbocycles. The lowest BCUT2D eigenvalue weighted by Gasteiger charge is -2.30. The lowest BCUT2D eigenvalue weighted by atomic mass is 10.1. The molecule has 1 aliphatic heterocycles. The molecule has 5 nitrogen and oxygen atoms in total. The van der Waals surface area contributed by atoms with Crippen LogP contribution in [0, 0.1) is 0 Å². The van der Waals surface area contributed by atoms with E-state index in [9.17, 15) is 9.90 Å². The summed E-state index contributed by atoms with van der Waals surface area (Å²) in [7, 11) is 1.87. The Labute approximate surface area is 101 Å². The van der Waals surface area contributed by atoms with Crippen molar-refractivity contribution in [3.05, 3.63) is 18.0 Å². The molecule has 94 valence electrons. The van der Waals surface area contributed by atoms with Crippen LogP contribution in [-0.4, -0.2) is 44.9 Å². The number of amides is 1. The van der Waals surface area contributed by atoms with Gasteiger partial charge in [0.25, 0.3) is 0 Å². The average Bonchev–Trinajstić information content (AvgIpc) is 2.72. The predicted octanol–water partition coefficient (Wildman–Crippen LogP) is 0.336. The van der Waals surface area contributed by atoms with Crippen LogP contribution in [0.1, 0.15) is 24.8 Å². The number of nitrogens with zero attached hydrogens (tertiary/aromatic N) is 3. The van der Waals surface area contributed by atoms with Gasteiger partial charge in [0, 0.05) is 32.8 Å². The van der Waals surface area contributed by atoms with Crippen LogP contribution in [0.15, 0.2) is 12.4 Å². The molecule has 0 saturated carbocycles. The van der Waals surface area contributed by atoms with Gasteiger partial charge < -0.3 is 10.0 Å². The predicted molar refractivity (Wildman–Crippen MR) is 63.3 cm³/mol. The summed E-state index contributed by atoms with van der Waals surface area (Å²) in [6.45, 7) is 1.27. The summed E-state index contributed by atoms with van der Waals surface area (Å²) in [6, 6.07) is 0. The zero-order valence-electron chi connectivity index (χ0n) is 10.2. The smallest absolute Gasteiger partial charge is 0.222 e. The van der Waals surface area contributed by atoms with Gasteiger partial charge in [-0.25, -0.2) is 0 Å². The molecule has 0 spiro atoms. The summed E-state index contributed by atoms with van der Waals surface area (Å²) in [5, 5.41) is 13.6. The number of aliphatic hydroxyl groups is 1. The molecular formula is C12H19N3O2. The SMILES string of the molecule is Cn1cc(CCC(=O)N2CCCC(O)C2)cn1. The van der Waals surface area contributed by atoms with Crippen molar-refractivity contribution in [1.82, 2.24) is 14.7 Å². The van der Waals surface area contributed by atoms with Crippen molar-refractivity contribution < 1.29 is 9.90 Å². The van der Waals surface area contributed by atoms with Crippen LogP contribution in [0.2, 0.25) is 0 Å². The maximum atomic E-state index is 11.9. The maximum Gasteiger partial charge on any atom is 0.222 e. The van der Waals surface area contributed by atoms with E-state index in [0.717, 1.165) is 31.4 Å². The fourth-order valence-electron chi connectivity index (χ4n) is 2.19. The first-order valence-corrected chi connectivity index (χ1v) is 6.08. The standard InChI is InChI=1S/C12H19N3O2/c1-14-8-10(7-13-14)4-5-12(17)15-6-2-3-11(16)9-15/h7-8,11,16H,2-6,9H2,1H3. The van der Waals surface area contributed by atoms with Crippen LogP contribution in [0.3, 0.4) is 0 Å². The van der Waals surface area contributed by atoms with E-state index >= 15 is 0 Å². The summed E-state index contributed by atoms with van der Waals surface area (Å²) in [4.78, 5) is 13.7. The van der Waals surface area contributed by atoms with Crippen LogP contribution in [0.5, 0.6) is 0 Å². The third-order valence-electron chi connectivity index (χ3n) is 3.14. The van der Waals surface area contributed by atoms with Gasteiger partial charge in [-0.3, -0.25) is 9.48 Å². The Bertz CT molecular complexity index is 389. The molecule has 0 bridgehead atoms. The number of likely N-dealkylation sites (tertiary alicyclic amines) is 1. The molecule has 1 fully saturated rings. The minimum atomic E-state index is -0.342. The normalized spacial score (nSPS) is 20.6. The van der Waals surface area contributed by atoms with Crippen LogP contribution in [0.4, 0.5) is 0 Å². The minimum Gasteiger partial charge on any atom is -0.391 e. The quantitative estimate of drug-likeness (QED) is 0.824. The van der Waals surface area contributed by atoms with Gasteiger partial charge in [0.2, 0.25) is 5.91 Å². The van der Waals surface area contributed by atoms with Crippen molar-refractivity contribution in [2.75, 3.05) is 13.1 Å². The van der Waals surface area contributed by atoms with E-state index in [1.807, 2.05) is 13.2 Å². The lowest BCUT2D eigenvalue weighted by Crippen LogP contribution is -2.42. The number of aromatic nitrogens is 2. The average molecular weight is 237 g/mol. The molecule has 1 aromatic heterocycles.